The molecule has 0 saturated carbocycles. The quantitative estimate of drug-likeness (QED) is 0.818. The maximum absolute atomic E-state index is 12.0. The maximum Gasteiger partial charge on any atom is 0.222 e. The van der Waals surface area contributed by atoms with Gasteiger partial charge in [-0.05, 0) is 50.1 Å². The topological polar surface area (TPSA) is 41.6 Å². The first kappa shape index (κ1) is 16.3. The highest BCUT2D eigenvalue weighted by atomic mass is 79.9. The summed E-state index contributed by atoms with van der Waals surface area (Å²) in [7, 11) is 1.84. The lowest BCUT2D eigenvalue weighted by Crippen LogP contribution is -2.32. The van der Waals surface area contributed by atoms with E-state index >= 15 is 0 Å². The summed E-state index contributed by atoms with van der Waals surface area (Å²) in [5.74, 6) is 1.03. The number of rotatable bonds is 7. The van der Waals surface area contributed by atoms with Crippen LogP contribution in [0.4, 0.5) is 0 Å². The number of nitrogens with one attached hydrogen (secondary N) is 1. The molecule has 2 rings (SSSR count). The SMILES string of the molecule is CN(CCOc1ccc(Br)cc1)C(=O)CCC1CCCN1. The molecule has 1 aliphatic rings. The van der Waals surface area contributed by atoms with E-state index in [1.54, 1.807) is 4.90 Å². The van der Waals surface area contributed by atoms with Crippen LogP contribution in [0.5, 0.6) is 5.75 Å². The van der Waals surface area contributed by atoms with Crippen molar-refractivity contribution in [1.82, 2.24) is 10.2 Å². The molecule has 1 N–H and O–H groups in total. The molecule has 1 fully saturated rings. The summed E-state index contributed by atoms with van der Waals surface area (Å²) in [6, 6.07) is 8.24. The predicted molar refractivity (Wildman–Crippen MR) is 87.5 cm³/mol. The van der Waals surface area contributed by atoms with E-state index in [1.807, 2.05) is 31.3 Å². The summed E-state index contributed by atoms with van der Waals surface area (Å²) in [6.45, 7) is 2.23. The average Bonchev–Trinajstić information content (AvgIpc) is 3.00. The third kappa shape index (κ3) is 5.67. The molecule has 1 amide bonds. The van der Waals surface area contributed by atoms with Crippen LogP contribution >= 0.6 is 15.9 Å². The Hall–Kier alpha value is -1.07. The number of nitrogens with zero attached hydrogens (tertiary/aromatic N) is 1. The number of benzene rings is 1. The first-order valence-corrected chi connectivity index (χ1v) is 8.30. The Bertz CT molecular complexity index is 444. The highest BCUT2D eigenvalue weighted by Crippen LogP contribution is 2.16. The molecule has 1 unspecified atom stereocenters. The van der Waals surface area contributed by atoms with Gasteiger partial charge in [-0.1, -0.05) is 15.9 Å². The predicted octanol–water partition coefficient (Wildman–Crippen LogP) is 2.82. The lowest BCUT2D eigenvalue weighted by Gasteiger charge is -2.18. The van der Waals surface area contributed by atoms with E-state index in [4.69, 9.17) is 4.74 Å². The van der Waals surface area contributed by atoms with Gasteiger partial charge < -0.3 is 15.0 Å². The van der Waals surface area contributed by atoms with Crippen molar-refractivity contribution >= 4 is 21.8 Å². The third-order valence-corrected chi connectivity index (χ3v) is 4.33. The molecule has 1 heterocycles. The molecular weight excluding hydrogens is 332 g/mol. The Balaban J connectivity index is 1.62. The average molecular weight is 355 g/mol. The molecule has 0 bridgehead atoms. The summed E-state index contributed by atoms with van der Waals surface area (Å²) in [5.41, 5.74) is 0. The Morgan fingerprint density at radius 2 is 2.19 bits per heavy atom. The van der Waals surface area contributed by atoms with Gasteiger partial charge in [-0.25, -0.2) is 0 Å². The summed E-state index contributed by atoms with van der Waals surface area (Å²) in [4.78, 5) is 13.8. The van der Waals surface area contributed by atoms with Crippen LogP contribution in [0, 0.1) is 0 Å². The molecule has 5 heteroatoms. The zero-order valence-electron chi connectivity index (χ0n) is 12.5. The monoisotopic (exact) mass is 354 g/mol. The van der Waals surface area contributed by atoms with Crippen molar-refractivity contribution in [3.05, 3.63) is 28.7 Å². The number of likely N-dealkylation sites (N-methyl/N-ethyl adjacent to an activating group) is 1. The largest absolute Gasteiger partial charge is 0.492 e. The Morgan fingerprint density at radius 1 is 1.43 bits per heavy atom. The minimum atomic E-state index is 0.197. The van der Waals surface area contributed by atoms with E-state index in [1.165, 1.54) is 12.8 Å². The van der Waals surface area contributed by atoms with Crippen LogP contribution < -0.4 is 10.1 Å². The van der Waals surface area contributed by atoms with Crippen LogP contribution in [-0.4, -0.2) is 43.6 Å². The third-order valence-electron chi connectivity index (χ3n) is 3.80. The van der Waals surface area contributed by atoms with Crippen LogP contribution in [0.2, 0.25) is 0 Å². The van der Waals surface area contributed by atoms with Crippen molar-refractivity contribution in [3.63, 3.8) is 0 Å². The lowest BCUT2D eigenvalue weighted by molar-refractivity contribution is -0.130. The summed E-state index contributed by atoms with van der Waals surface area (Å²) in [5, 5.41) is 3.42. The Labute approximate surface area is 135 Å². The molecule has 116 valence electrons. The normalized spacial score (nSPS) is 17.7. The van der Waals surface area contributed by atoms with E-state index in [-0.39, 0.29) is 5.91 Å². The molecule has 21 heavy (non-hydrogen) atoms. The minimum absolute atomic E-state index is 0.197. The van der Waals surface area contributed by atoms with Crippen molar-refractivity contribution < 1.29 is 9.53 Å². The molecule has 0 aromatic heterocycles. The highest BCUT2D eigenvalue weighted by Gasteiger charge is 2.16. The first-order chi connectivity index (χ1) is 10.1. The molecule has 1 aromatic carbocycles. The smallest absolute Gasteiger partial charge is 0.222 e. The van der Waals surface area contributed by atoms with Gasteiger partial charge in [0.2, 0.25) is 5.91 Å². The molecule has 0 spiro atoms. The minimum Gasteiger partial charge on any atom is -0.492 e. The van der Waals surface area contributed by atoms with Gasteiger partial charge in [-0.3, -0.25) is 4.79 Å². The van der Waals surface area contributed by atoms with Crippen LogP contribution in [0.3, 0.4) is 0 Å². The molecule has 4 nitrogen and oxygen atoms in total. The summed E-state index contributed by atoms with van der Waals surface area (Å²) in [6.07, 6.45) is 3.99. The van der Waals surface area contributed by atoms with Gasteiger partial charge in [0, 0.05) is 24.0 Å². The molecular formula is C16H23BrN2O2. The Morgan fingerprint density at radius 3 is 2.86 bits per heavy atom. The second-order valence-electron chi connectivity index (χ2n) is 5.45. The number of carbonyl (C=O) groups is 1. The Kier molecular flexibility index (Phi) is 6.51. The second-order valence-corrected chi connectivity index (χ2v) is 6.37. The van der Waals surface area contributed by atoms with Gasteiger partial charge in [0.05, 0.1) is 6.54 Å². The van der Waals surface area contributed by atoms with E-state index < -0.39 is 0 Å². The van der Waals surface area contributed by atoms with Gasteiger partial charge in [-0.2, -0.15) is 0 Å². The van der Waals surface area contributed by atoms with E-state index in [0.717, 1.165) is 23.2 Å². The maximum atomic E-state index is 12.0. The van der Waals surface area contributed by atoms with Crippen molar-refractivity contribution in [1.29, 1.82) is 0 Å². The van der Waals surface area contributed by atoms with Crippen LogP contribution in [0.25, 0.3) is 0 Å². The highest BCUT2D eigenvalue weighted by molar-refractivity contribution is 9.10. The van der Waals surface area contributed by atoms with Crippen molar-refractivity contribution in [2.45, 2.75) is 31.7 Å². The fraction of sp³-hybridized carbons (Fsp3) is 0.562. The molecule has 1 aromatic rings. The molecule has 0 radical (unpaired) electrons. The van der Waals surface area contributed by atoms with E-state index in [0.29, 0.717) is 25.6 Å². The van der Waals surface area contributed by atoms with Gasteiger partial charge in [0.25, 0.3) is 0 Å². The lowest BCUT2D eigenvalue weighted by atomic mass is 10.1. The van der Waals surface area contributed by atoms with Gasteiger partial charge in [0.15, 0.2) is 0 Å². The fourth-order valence-corrected chi connectivity index (χ4v) is 2.71. The van der Waals surface area contributed by atoms with Crippen LogP contribution in [0.15, 0.2) is 28.7 Å². The van der Waals surface area contributed by atoms with Gasteiger partial charge >= 0.3 is 0 Å². The number of carbonyl (C=O) groups excluding carboxylic acids is 1. The van der Waals surface area contributed by atoms with Crippen molar-refractivity contribution in [3.8, 4) is 5.75 Å². The van der Waals surface area contributed by atoms with Crippen molar-refractivity contribution in [2.24, 2.45) is 0 Å². The molecule has 0 aliphatic carbocycles. The fourth-order valence-electron chi connectivity index (χ4n) is 2.45. The molecule has 1 atom stereocenters. The number of hydrogen-bond acceptors (Lipinski definition) is 3. The number of amides is 1. The molecule has 1 saturated heterocycles. The summed E-state index contributed by atoms with van der Waals surface area (Å²) >= 11 is 3.39. The second kappa shape index (κ2) is 8.39. The zero-order valence-corrected chi connectivity index (χ0v) is 14.1. The summed E-state index contributed by atoms with van der Waals surface area (Å²) < 4.78 is 6.66. The van der Waals surface area contributed by atoms with E-state index in [9.17, 15) is 4.79 Å². The van der Waals surface area contributed by atoms with E-state index in [2.05, 4.69) is 21.2 Å². The number of hydrogen-bond donors (Lipinski definition) is 1. The number of ether oxygens (including phenoxy) is 1. The van der Waals surface area contributed by atoms with Crippen LogP contribution in [0.1, 0.15) is 25.7 Å². The standard InChI is InChI=1S/C16H23BrN2O2/c1-19(16(20)9-6-14-3-2-10-18-14)11-12-21-15-7-4-13(17)5-8-15/h4-5,7-8,14,18H,2-3,6,9-12H2,1H3. The molecule has 1 aliphatic heterocycles. The van der Waals surface area contributed by atoms with Gasteiger partial charge in [0.1, 0.15) is 12.4 Å². The zero-order chi connectivity index (χ0) is 15.1. The van der Waals surface area contributed by atoms with Crippen molar-refractivity contribution in [2.75, 3.05) is 26.7 Å². The first-order valence-electron chi connectivity index (χ1n) is 7.51. The van der Waals surface area contributed by atoms with Crippen LogP contribution in [-0.2, 0) is 4.79 Å². The van der Waals surface area contributed by atoms with Gasteiger partial charge in [-0.15, -0.1) is 0 Å². The number of halogens is 1.